The summed E-state index contributed by atoms with van der Waals surface area (Å²) in [5.41, 5.74) is 7.65. The van der Waals surface area contributed by atoms with Crippen LogP contribution < -0.4 is 11.2 Å². The average Bonchev–Trinajstić information content (AvgIpc) is 3.06. The molecule has 3 aromatic heterocycles. The van der Waals surface area contributed by atoms with E-state index in [0.717, 1.165) is 5.46 Å². The zero-order chi connectivity index (χ0) is 17.8. The van der Waals surface area contributed by atoms with Crippen molar-refractivity contribution in [2.24, 2.45) is 0 Å². The molecule has 1 aliphatic heterocycles. The topological polar surface area (TPSA) is 96.3 Å². The summed E-state index contributed by atoms with van der Waals surface area (Å²) < 4.78 is 17.9. The van der Waals surface area contributed by atoms with E-state index in [-0.39, 0.29) is 0 Å². The zero-order valence-corrected chi connectivity index (χ0v) is 14.6. The monoisotopic (exact) mass is 338 g/mol. The van der Waals surface area contributed by atoms with E-state index < -0.39 is 18.3 Å². The predicted octanol–water partition coefficient (Wildman–Crippen LogP) is 2.17. The smallest absolute Gasteiger partial charge is 0.434 e. The van der Waals surface area contributed by atoms with Gasteiger partial charge in [0.15, 0.2) is 11.2 Å². The van der Waals surface area contributed by atoms with Crippen molar-refractivity contribution in [3.8, 4) is 11.5 Å². The van der Waals surface area contributed by atoms with Crippen LogP contribution in [0.2, 0.25) is 0 Å². The van der Waals surface area contributed by atoms with Gasteiger partial charge in [0.05, 0.1) is 16.8 Å². The number of hydrogen-bond acceptors (Lipinski definition) is 7. The lowest BCUT2D eigenvalue weighted by molar-refractivity contribution is 0.00578. The summed E-state index contributed by atoms with van der Waals surface area (Å²) >= 11 is 0. The fourth-order valence-electron chi connectivity index (χ4n) is 2.66. The lowest BCUT2D eigenvalue weighted by atomic mass is 9.79. The van der Waals surface area contributed by atoms with Gasteiger partial charge < -0.3 is 19.5 Å². The number of rotatable bonds is 2. The van der Waals surface area contributed by atoms with E-state index in [1.54, 1.807) is 24.5 Å². The Morgan fingerprint density at radius 3 is 2.48 bits per heavy atom. The molecule has 25 heavy (non-hydrogen) atoms. The molecule has 0 bridgehead atoms. The van der Waals surface area contributed by atoms with Gasteiger partial charge in [0.25, 0.3) is 0 Å². The number of nitrogen functional groups attached to an aromatic ring is 1. The third kappa shape index (κ3) is 2.58. The molecule has 8 heteroatoms. The van der Waals surface area contributed by atoms with Crippen LogP contribution in [0.1, 0.15) is 27.7 Å². The van der Waals surface area contributed by atoms with Crippen molar-refractivity contribution < 1.29 is 13.7 Å². The van der Waals surface area contributed by atoms with Gasteiger partial charge in [-0.3, -0.25) is 0 Å². The summed E-state index contributed by atoms with van der Waals surface area (Å²) in [6.07, 6.45) is 3.32. The molecule has 4 rings (SSSR count). The Morgan fingerprint density at radius 1 is 1.08 bits per heavy atom. The number of nitrogens with zero attached hydrogens (tertiary/aromatic N) is 3. The fraction of sp³-hybridized carbons (Fsp3) is 0.353. The van der Waals surface area contributed by atoms with Gasteiger partial charge in [-0.15, -0.1) is 0 Å². The summed E-state index contributed by atoms with van der Waals surface area (Å²) in [6.45, 7) is 8.02. The van der Waals surface area contributed by atoms with Crippen LogP contribution in [-0.4, -0.2) is 33.3 Å². The number of nitrogens with two attached hydrogens (primary N) is 1. The summed E-state index contributed by atoms with van der Waals surface area (Å²) in [5, 5.41) is 0. The van der Waals surface area contributed by atoms with Crippen molar-refractivity contribution in [3.05, 3.63) is 30.6 Å². The highest BCUT2D eigenvalue weighted by Crippen LogP contribution is 2.37. The van der Waals surface area contributed by atoms with Gasteiger partial charge in [-0.25, -0.2) is 9.97 Å². The van der Waals surface area contributed by atoms with E-state index in [9.17, 15) is 0 Å². The van der Waals surface area contributed by atoms with Crippen molar-refractivity contribution in [1.82, 2.24) is 15.0 Å². The van der Waals surface area contributed by atoms with Crippen LogP contribution >= 0.6 is 0 Å². The molecule has 0 aromatic carbocycles. The minimum absolute atomic E-state index is 0.326. The van der Waals surface area contributed by atoms with Crippen LogP contribution in [0.4, 0.5) is 5.82 Å². The van der Waals surface area contributed by atoms with Crippen molar-refractivity contribution in [2.75, 3.05) is 5.73 Å². The molecule has 0 unspecified atom stereocenters. The molecule has 2 N–H and O–H groups in total. The van der Waals surface area contributed by atoms with Gasteiger partial charge in [0, 0.05) is 17.9 Å². The van der Waals surface area contributed by atoms with Crippen LogP contribution in [0.5, 0.6) is 0 Å². The first-order chi connectivity index (χ1) is 11.8. The molecule has 4 heterocycles. The van der Waals surface area contributed by atoms with E-state index in [1.807, 2.05) is 33.8 Å². The van der Waals surface area contributed by atoms with Gasteiger partial charge in [-0.05, 0) is 45.9 Å². The van der Waals surface area contributed by atoms with Crippen molar-refractivity contribution >= 4 is 29.6 Å². The van der Waals surface area contributed by atoms with E-state index >= 15 is 0 Å². The van der Waals surface area contributed by atoms with Gasteiger partial charge in [0.1, 0.15) is 5.82 Å². The normalized spacial score (nSPS) is 18.8. The Kier molecular flexibility index (Phi) is 3.39. The molecule has 7 nitrogen and oxygen atoms in total. The van der Waals surface area contributed by atoms with E-state index in [4.69, 9.17) is 19.5 Å². The highest BCUT2D eigenvalue weighted by Gasteiger charge is 2.51. The minimum Gasteiger partial charge on any atom is -0.434 e. The van der Waals surface area contributed by atoms with Crippen molar-refractivity contribution in [2.45, 2.75) is 38.9 Å². The maximum atomic E-state index is 6.07. The number of anilines is 1. The van der Waals surface area contributed by atoms with Crippen LogP contribution in [0.25, 0.3) is 22.7 Å². The molecule has 128 valence electrons. The number of fused-ring (bicyclic) bond motifs is 1. The maximum Gasteiger partial charge on any atom is 0.496 e. The fourth-order valence-corrected chi connectivity index (χ4v) is 2.66. The highest BCUT2D eigenvalue weighted by atomic mass is 16.7. The summed E-state index contributed by atoms with van der Waals surface area (Å²) in [4.78, 5) is 12.8. The van der Waals surface area contributed by atoms with Crippen LogP contribution in [0.3, 0.4) is 0 Å². The largest absolute Gasteiger partial charge is 0.496 e. The molecule has 0 atom stereocenters. The van der Waals surface area contributed by atoms with E-state index in [0.29, 0.717) is 28.5 Å². The Labute approximate surface area is 145 Å². The van der Waals surface area contributed by atoms with Crippen LogP contribution in [0.15, 0.2) is 35.0 Å². The van der Waals surface area contributed by atoms with E-state index in [1.165, 1.54) is 0 Å². The first-order valence-electron chi connectivity index (χ1n) is 8.10. The number of pyridine rings is 2. The molecule has 0 radical (unpaired) electrons. The molecular formula is C17H19BN4O3. The first-order valence-corrected chi connectivity index (χ1v) is 8.10. The second kappa shape index (κ2) is 5.27. The third-order valence-corrected chi connectivity index (χ3v) is 4.86. The van der Waals surface area contributed by atoms with Crippen LogP contribution in [-0.2, 0) is 9.31 Å². The second-order valence-corrected chi connectivity index (χ2v) is 7.13. The molecule has 0 aliphatic carbocycles. The predicted molar refractivity (Wildman–Crippen MR) is 95.2 cm³/mol. The van der Waals surface area contributed by atoms with Gasteiger partial charge in [0.2, 0.25) is 5.89 Å². The summed E-state index contributed by atoms with van der Waals surface area (Å²) in [7, 11) is -0.528. The summed E-state index contributed by atoms with van der Waals surface area (Å²) in [5.74, 6) is 0.698. The zero-order valence-electron chi connectivity index (χ0n) is 14.6. The van der Waals surface area contributed by atoms with Crippen molar-refractivity contribution in [1.29, 1.82) is 0 Å². The van der Waals surface area contributed by atoms with Gasteiger partial charge in [-0.1, -0.05) is 0 Å². The Bertz CT molecular complexity index is 905. The van der Waals surface area contributed by atoms with Gasteiger partial charge >= 0.3 is 7.12 Å². The Balaban J connectivity index is 1.75. The lowest BCUT2D eigenvalue weighted by Crippen LogP contribution is -2.41. The molecule has 0 amide bonds. The average molecular weight is 338 g/mol. The molecular weight excluding hydrogens is 319 g/mol. The maximum absolute atomic E-state index is 6.07. The lowest BCUT2D eigenvalue weighted by Gasteiger charge is -2.32. The highest BCUT2D eigenvalue weighted by molar-refractivity contribution is 6.62. The number of aromatic nitrogens is 3. The summed E-state index contributed by atoms with van der Waals surface area (Å²) in [6, 6.07) is 5.44. The minimum atomic E-state index is -0.528. The molecule has 3 aromatic rings. The Hall–Kier alpha value is -2.45. The first kappa shape index (κ1) is 16.0. The number of hydrogen-bond donors (Lipinski definition) is 1. The van der Waals surface area contributed by atoms with Crippen LogP contribution in [0, 0.1) is 0 Å². The quantitative estimate of drug-likeness (QED) is 0.715. The van der Waals surface area contributed by atoms with Gasteiger partial charge in [-0.2, -0.15) is 4.98 Å². The molecule has 0 saturated carbocycles. The number of oxazole rings is 1. The Morgan fingerprint density at radius 2 is 1.80 bits per heavy atom. The molecule has 1 fully saturated rings. The van der Waals surface area contributed by atoms with Crippen molar-refractivity contribution in [3.63, 3.8) is 0 Å². The standard InChI is InChI=1S/C17H19BN4O3/c1-16(2)17(3,4)25-18(24-16)10-8-11(13(19)21-9-10)15-22-14-12(23-15)6-5-7-20-14/h5-9H,1-4H3,(H2,19,21). The second-order valence-electron chi connectivity index (χ2n) is 7.13. The van der Waals surface area contributed by atoms with E-state index in [2.05, 4.69) is 15.0 Å². The SMILES string of the molecule is CC1(C)OB(c2cnc(N)c(-c3nc4ncccc4o3)c2)OC1(C)C. The molecule has 1 aliphatic rings. The third-order valence-electron chi connectivity index (χ3n) is 4.86. The molecule has 0 spiro atoms. The molecule has 1 saturated heterocycles.